The van der Waals surface area contributed by atoms with Crippen molar-refractivity contribution in [3.05, 3.63) is 59.7 Å². The van der Waals surface area contributed by atoms with Crippen molar-refractivity contribution < 1.29 is 0 Å². The molecule has 21 heavy (non-hydrogen) atoms. The lowest BCUT2D eigenvalue weighted by atomic mass is 9.94. The molecule has 0 saturated carbocycles. The molecular formula is C20H27N. The normalized spacial score (nSPS) is 12.3. The summed E-state index contributed by atoms with van der Waals surface area (Å²) in [5, 5.41) is 3.60. The highest BCUT2D eigenvalue weighted by molar-refractivity contribution is 5.68. The lowest BCUT2D eigenvalue weighted by Gasteiger charge is -2.18. The fraction of sp³-hybridized carbons (Fsp3) is 0.400. The van der Waals surface area contributed by atoms with Gasteiger partial charge in [0.1, 0.15) is 0 Å². The van der Waals surface area contributed by atoms with Crippen molar-refractivity contribution in [2.75, 3.05) is 6.54 Å². The zero-order valence-electron chi connectivity index (χ0n) is 13.5. The molecule has 1 nitrogen and oxygen atoms in total. The van der Waals surface area contributed by atoms with Gasteiger partial charge in [0.05, 0.1) is 0 Å². The first-order valence-electron chi connectivity index (χ1n) is 8.17. The fourth-order valence-corrected chi connectivity index (χ4v) is 2.79. The smallest absolute Gasteiger partial charge is 0.0297 e. The van der Waals surface area contributed by atoms with Crippen molar-refractivity contribution in [3.8, 4) is 11.1 Å². The average molecular weight is 281 g/mol. The third-order valence-electron chi connectivity index (χ3n) is 3.90. The second-order valence-corrected chi connectivity index (χ2v) is 5.71. The Morgan fingerprint density at radius 2 is 1.76 bits per heavy atom. The van der Waals surface area contributed by atoms with Crippen molar-refractivity contribution in [2.24, 2.45) is 0 Å². The third kappa shape index (κ3) is 4.18. The van der Waals surface area contributed by atoms with E-state index in [2.05, 4.69) is 74.6 Å². The Kier molecular flexibility index (Phi) is 6.01. The van der Waals surface area contributed by atoms with Crippen molar-refractivity contribution >= 4 is 0 Å². The highest BCUT2D eigenvalue weighted by Gasteiger charge is 2.11. The minimum absolute atomic E-state index is 0.385. The minimum Gasteiger partial charge on any atom is -0.310 e. The van der Waals surface area contributed by atoms with E-state index in [9.17, 15) is 0 Å². The Morgan fingerprint density at radius 1 is 0.952 bits per heavy atom. The summed E-state index contributed by atoms with van der Waals surface area (Å²) in [6.07, 6.45) is 3.51. The van der Waals surface area contributed by atoms with Crippen molar-refractivity contribution in [3.63, 3.8) is 0 Å². The molecule has 0 amide bonds. The van der Waals surface area contributed by atoms with E-state index in [4.69, 9.17) is 0 Å². The molecule has 1 unspecified atom stereocenters. The van der Waals surface area contributed by atoms with Crippen LogP contribution in [0.2, 0.25) is 0 Å². The third-order valence-corrected chi connectivity index (χ3v) is 3.90. The first-order chi connectivity index (χ1) is 10.3. The molecule has 0 aliphatic rings. The van der Waals surface area contributed by atoms with Gasteiger partial charge >= 0.3 is 0 Å². The topological polar surface area (TPSA) is 12.0 Å². The van der Waals surface area contributed by atoms with Crippen LogP contribution in [0.4, 0.5) is 0 Å². The van der Waals surface area contributed by atoms with Crippen LogP contribution in [0.3, 0.4) is 0 Å². The standard InChI is InChI=1S/C20H27N/c1-4-9-17-10-8-11-18(15-17)20-13-7-6-12-19(20)16(3)21-14-5-2/h6-8,10-13,15-16,21H,4-5,9,14H2,1-3H3. The molecule has 0 bridgehead atoms. The lowest BCUT2D eigenvalue weighted by molar-refractivity contribution is 0.572. The van der Waals surface area contributed by atoms with Gasteiger partial charge in [0.15, 0.2) is 0 Å². The Labute approximate surface area is 129 Å². The van der Waals surface area contributed by atoms with Crippen LogP contribution in [0.5, 0.6) is 0 Å². The van der Waals surface area contributed by atoms with Crippen LogP contribution in [-0.4, -0.2) is 6.54 Å². The van der Waals surface area contributed by atoms with E-state index < -0.39 is 0 Å². The number of benzene rings is 2. The molecule has 2 aromatic rings. The maximum Gasteiger partial charge on any atom is 0.0297 e. The van der Waals surface area contributed by atoms with Crippen LogP contribution >= 0.6 is 0 Å². The van der Waals surface area contributed by atoms with Gasteiger partial charge in [-0.2, -0.15) is 0 Å². The largest absolute Gasteiger partial charge is 0.310 e. The molecular weight excluding hydrogens is 254 g/mol. The molecule has 1 atom stereocenters. The second kappa shape index (κ2) is 7.99. The van der Waals surface area contributed by atoms with Gasteiger partial charge in [-0.1, -0.05) is 68.8 Å². The van der Waals surface area contributed by atoms with E-state index in [0.717, 1.165) is 13.0 Å². The molecule has 0 heterocycles. The number of hydrogen-bond donors (Lipinski definition) is 1. The van der Waals surface area contributed by atoms with Crippen LogP contribution < -0.4 is 5.32 Å². The minimum atomic E-state index is 0.385. The average Bonchev–Trinajstić information content (AvgIpc) is 2.53. The lowest BCUT2D eigenvalue weighted by Crippen LogP contribution is -2.19. The van der Waals surface area contributed by atoms with Crippen LogP contribution in [0, 0.1) is 0 Å². The molecule has 2 rings (SSSR count). The summed E-state index contributed by atoms with van der Waals surface area (Å²) in [7, 11) is 0. The predicted molar refractivity (Wildman–Crippen MR) is 92.6 cm³/mol. The summed E-state index contributed by atoms with van der Waals surface area (Å²) < 4.78 is 0. The molecule has 112 valence electrons. The molecule has 0 fully saturated rings. The first kappa shape index (κ1) is 15.8. The number of hydrogen-bond acceptors (Lipinski definition) is 1. The number of nitrogens with one attached hydrogen (secondary N) is 1. The molecule has 0 aliphatic carbocycles. The van der Waals surface area contributed by atoms with Crippen molar-refractivity contribution in [1.82, 2.24) is 5.32 Å². The summed E-state index contributed by atoms with van der Waals surface area (Å²) in [5.74, 6) is 0. The summed E-state index contributed by atoms with van der Waals surface area (Å²) in [4.78, 5) is 0. The van der Waals surface area contributed by atoms with E-state index in [1.54, 1.807) is 0 Å². The number of aryl methyl sites for hydroxylation is 1. The van der Waals surface area contributed by atoms with Gasteiger partial charge in [-0.3, -0.25) is 0 Å². The van der Waals surface area contributed by atoms with Crippen LogP contribution in [0.1, 0.15) is 50.8 Å². The van der Waals surface area contributed by atoms with Gasteiger partial charge in [-0.15, -0.1) is 0 Å². The van der Waals surface area contributed by atoms with Gasteiger partial charge < -0.3 is 5.32 Å². The Morgan fingerprint density at radius 3 is 2.52 bits per heavy atom. The van der Waals surface area contributed by atoms with E-state index in [1.807, 2.05) is 0 Å². The molecule has 1 heteroatoms. The second-order valence-electron chi connectivity index (χ2n) is 5.71. The first-order valence-corrected chi connectivity index (χ1v) is 8.17. The zero-order chi connectivity index (χ0) is 15.1. The molecule has 0 saturated heterocycles. The van der Waals surface area contributed by atoms with Crippen LogP contribution in [0.15, 0.2) is 48.5 Å². The molecule has 0 spiro atoms. The summed E-state index contributed by atoms with van der Waals surface area (Å²) >= 11 is 0. The maximum absolute atomic E-state index is 3.60. The SMILES string of the molecule is CCCNC(C)c1ccccc1-c1cccc(CCC)c1. The summed E-state index contributed by atoms with van der Waals surface area (Å²) in [5.41, 5.74) is 5.51. The van der Waals surface area contributed by atoms with E-state index in [-0.39, 0.29) is 0 Å². The molecule has 0 aromatic heterocycles. The van der Waals surface area contributed by atoms with E-state index >= 15 is 0 Å². The molecule has 1 N–H and O–H groups in total. The number of rotatable bonds is 7. The molecule has 2 aromatic carbocycles. The quantitative estimate of drug-likeness (QED) is 0.719. The Hall–Kier alpha value is -1.60. The van der Waals surface area contributed by atoms with E-state index in [1.165, 1.54) is 35.1 Å². The highest BCUT2D eigenvalue weighted by Crippen LogP contribution is 2.29. The van der Waals surface area contributed by atoms with Gasteiger partial charge in [-0.05, 0) is 48.6 Å². The molecule has 0 aliphatic heterocycles. The Balaban J connectivity index is 2.33. The predicted octanol–water partition coefficient (Wildman–Crippen LogP) is 5.37. The van der Waals surface area contributed by atoms with Gasteiger partial charge in [0, 0.05) is 6.04 Å². The van der Waals surface area contributed by atoms with Crippen molar-refractivity contribution in [1.29, 1.82) is 0 Å². The van der Waals surface area contributed by atoms with E-state index in [0.29, 0.717) is 6.04 Å². The van der Waals surface area contributed by atoms with Crippen LogP contribution in [-0.2, 0) is 6.42 Å². The monoisotopic (exact) mass is 281 g/mol. The van der Waals surface area contributed by atoms with Crippen LogP contribution in [0.25, 0.3) is 11.1 Å². The van der Waals surface area contributed by atoms with Gasteiger partial charge in [-0.25, -0.2) is 0 Å². The Bertz CT molecular complexity index is 559. The molecule has 0 radical (unpaired) electrons. The summed E-state index contributed by atoms with van der Waals surface area (Å²) in [6, 6.07) is 18.1. The maximum atomic E-state index is 3.60. The van der Waals surface area contributed by atoms with Crippen molar-refractivity contribution in [2.45, 2.75) is 46.1 Å². The van der Waals surface area contributed by atoms with Gasteiger partial charge in [0.2, 0.25) is 0 Å². The fourth-order valence-electron chi connectivity index (χ4n) is 2.79. The van der Waals surface area contributed by atoms with Gasteiger partial charge in [0.25, 0.3) is 0 Å². The summed E-state index contributed by atoms with van der Waals surface area (Å²) in [6.45, 7) is 7.76. The zero-order valence-corrected chi connectivity index (χ0v) is 13.5. The highest BCUT2D eigenvalue weighted by atomic mass is 14.9.